The topological polar surface area (TPSA) is 63.2 Å². The zero-order valence-electron chi connectivity index (χ0n) is 12.9. The molecule has 0 unspecified atom stereocenters. The molecule has 1 amide bonds. The molecule has 0 heterocycles. The van der Waals surface area contributed by atoms with Crippen LogP contribution in [0.5, 0.6) is 0 Å². The number of fused-ring (bicyclic) bond motifs is 1. The summed E-state index contributed by atoms with van der Waals surface area (Å²) in [6.07, 6.45) is -0.0120. The average Bonchev–Trinajstić information content (AvgIpc) is 2.50. The molecule has 2 aromatic rings. The lowest BCUT2D eigenvalue weighted by molar-refractivity contribution is -0.120. The van der Waals surface area contributed by atoms with Gasteiger partial charge in [-0.25, -0.2) is 8.42 Å². The molecule has 0 bridgehead atoms. The van der Waals surface area contributed by atoms with Crippen LogP contribution in [0.4, 0.5) is 0 Å². The number of sulfone groups is 1. The molecule has 0 radical (unpaired) electrons. The first-order chi connectivity index (χ1) is 10.4. The highest BCUT2D eigenvalue weighted by Gasteiger charge is 2.17. The van der Waals surface area contributed by atoms with Crippen LogP contribution in [0.1, 0.15) is 20.3 Å². The smallest absolute Gasteiger partial charge is 0.221 e. The molecule has 0 atom stereocenters. The third-order valence-corrected chi connectivity index (χ3v) is 5.10. The van der Waals surface area contributed by atoms with Gasteiger partial charge in [-0.15, -0.1) is 0 Å². The van der Waals surface area contributed by atoms with Gasteiger partial charge in [-0.3, -0.25) is 4.79 Å². The van der Waals surface area contributed by atoms with E-state index in [0.717, 1.165) is 10.8 Å². The second-order valence-electron chi connectivity index (χ2n) is 5.78. The van der Waals surface area contributed by atoms with Crippen molar-refractivity contribution in [2.45, 2.75) is 25.2 Å². The number of carbonyl (C=O) groups excluding carboxylic acids is 1. The Kier molecular flexibility index (Phi) is 5.19. The monoisotopic (exact) mass is 319 g/mol. The van der Waals surface area contributed by atoms with E-state index in [-0.39, 0.29) is 23.0 Å². The van der Waals surface area contributed by atoms with E-state index in [1.165, 1.54) is 0 Å². The van der Waals surface area contributed by atoms with Gasteiger partial charge in [0.05, 0.1) is 10.6 Å². The van der Waals surface area contributed by atoms with E-state index >= 15 is 0 Å². The molecule has 5 heteroatoms. The molecule has 22 heavy (non-hydrogen) atoms. The van der Waals surface area contributed by atoms with Gasteiger partial charge in [0, 0.05) is 13.0 Å². The number of hydrogen-bond donors (Lipinski definition) is 1. The van der Waals surface area contributed by atoms with Gasteiger partial charge in [-0.2, -0.15) is 0 Å². The SMILES string of the molecule is CC(C)CNC(=O)CCS(=O)(=O)c1ccc2ccccc2c1. The predicted molar refractivity (Wildman–Crippen MR) is 88.5 cm³/mol. The maximum absolute atomic E-state index is 12.3. The van der Waals surface area contributed by atoms with Gasteiger partial charge in [0.25, 0.3) is 0 Å². The van der Waals surface area contributed by atoms with Crippen LogP contribution in [0.25, 0.3) is 10.8 Å². The molecule has 0 aliphatic carbocycles. The molecule has 0 saturated heterocycles. The quantitative estimate of drug-likeness (QED) is 0.890. The summed E-state index contributed by atoms with van der Waals surface area (Å²) >= 11 is 0. The Balaban J connectivity index is 2.07. The Hall–Kier alpha value is -1.88. The fourth-order valence-corrected chi connectivity index (χ4v) is 3.38. The third kappa shape index (κ3) is 4.31. The number of nitrogens with one attached hydrogen (secondary N) is 1. The molecule has 2 aromatic carbocycles. The standard InChI is InChI=1S/C17H21NO3S/c1-13(2)12-18-17(19)9-10-22(20,21)16-8-7-14-5-3-4-6-15(14)11-16/h3-8,11,13H,9-10,12H2,1-2H3,(H,18,19). The van der Waals surface area contributed by atoms with Gasteiger partial charge >= 0.3 is 0 Å². The number of amides is 1. The minimum Gasteiger partial charge on any atom is -0.356 e. The Morgan fingerprint density at radius 3 is 2.45 bits per heavy atom. The summed E-state index contributed by atoms with van der Waals surface area (Å²) in [5.41, 5.74) is 0. The first-order valence-corrected chi connectivity index (χ1v) is 9.02. The lowest BCUT2D eigenvalue weighted by Crippen LogP contribution is -2.28. The van der Waals surface area contributed by atoms with Crippen LogP contribution in [-0.4, -0.2) is 26.6 Å². The highest BCUT2D eigenvalue weighted by Crippen LogP contribution is 2.20. The van der Waals surface area contributed by atoms with E-state index in [1.54, 1.807) is 18.2 Å². The van der Waals surface area contributed by atoms with Crippen LogP contribution in [0.2, 0.25) is 0 Å². The summed E-state index contributed by atoms with van der Waals surface area (Å²) in [7, 11) is -3.45. The predicted octanol–water partition coefficient (Wildman–Crippen LogP) is 2.78. The molecule has 0 fully saturated rings. The van der Waals surface area contributed by atoms with E-state index in [9.17, 15) is 13.2 Å². The fraction of sp³-hybridized carbons (Fsp3) is 0.353. The van der Waals surface area contributed by atoms with Crippen molar-refractivity contribution in [2.75, 3.05) is 12.3 Å². The van der Waals surface area contributed by atoms with Crippen LogP contribution in [0.3, 0.4) is 0 Å². The first kappa shape index (κ1) is 16.5. The molecular weight excluding hydrogens is 298 g/mol. The van der Waals surface area contributed by atoms with Crippen molar-refractivity contribution < 1.29 is 13.2 Å². The van der Waals surface area contributed by atoms with Crippen LogP contribution in [-0.2, 0) is 14.6 Å². The second kappa shape index (κ2) is 6.92. The summed E-state index contributed by atoms with van der Waals surface area (Å²) < 4.78 is 24.7. The van der Waals surface area contributed by atoms with Crippen molar-refractivity contribution in [3.63, 3.8) is 0 Å². The first-order valence-electron chi connectivity index (χ1n) is 7.37. The molecule has 118 valence electrons. The van der Waals surface area contributed by atoms with Crippen LogP contribution in [0, 0.1) is 5.92 Å². The van der Waals surface area contributed by atoms with Gasteiger partial charge in [-0.1, -0.05) is 44.2 Å². The van der Waals surface area contributed by atoms with Crippen LogP contribution in [0.15, 0.2) is 47.4 Å². The maximum Gasteiger partial charge on any atom is 0.221 e. The van der Waals surface area contributed by atoms with E-state index in [1.807, 2.05) is 38.1 Å². The molecule has 0 saturated carbocycles. The molecule has 4 nitrogen and oxygen atoms in total. The van der Waals surface area contributed by atoms with Crippen molar-refractivity contribution in [1.29, 1.82) is 0 Å². The maximum atomic E-state index is 12.3. The van der Waals surface area contributed by atoms with Crippen molar-refractivity contribution in [3.8, 4) is 0 Å². The average molecular weight is 319 g/mol. The highest BCUT2D eigenvalue weighted by molar-refractivity contribution is 7.91. The van der Waals surface area contributed by atoms with Gasteiger partial charge in [0.2, 0.25) is 5.91 Å². The molecular formula is C17H21NO3S. The van der Waals surface area contributed by atoms with Crippen LogP contribution < -0.4 is 5.32 Å². The minimum absolute atomic E-state index is 0.0120. The molecule has 0 aliphatic heterocycles. The van der Waals surface area contributed by atoms with Gasteiger partial charge < -0.3 is 5.32 Å². The molecule has 1 N–H and O–H groups in total. The normalized spacial score (nSPS) is 11.8. The Labute approximate surface area is 131 Å². The van der Waals surface area contributed by atoms with Gasteiger partial charge in [0.15, 0.2) is 9.84 Å². The van der Waals surface area contributed by atoms with Crippen molar-refractivity contribution in [2.24, 2.45) is 5.92 Å². The molecule has 0 aliphatic rings. The fourth-order valence-electron chi connectivity index (χ4n) is 2.11. The van der Waals surface area contributed by atoms with Crippen molar-refractivity contribution in [1.82, 2.24) is 5.32 Å². The van der Waals surface area contributed by atoms with E-state index in [4.69, 9.17) is 0 Å². The Morgan fingerprint density at radius 2 is 1.77 bits per heavy atom. The number of rotatable bonds is 6. The number of carbonyl (C=O) groups is 1. The zero-order chi connectivity index (χ0) is 16.2. The van der Waals surface area contributed by atoms with E-state index in [2.05, 4.69) is 5.32 Å². The van der Waals surface area contributed by atoms with Gasteiger partial charge in [-0.05, 0) is 28.8 Å². The van der Waals surface area contributed by atoms with E-state index in [0.29, 0.717) is 12.5 Å². The zero-order valence-corrected chi connectivity index (χ0v) is 13.7. The summed E-state index contributed by atoms with van der Waals surface area (Å²) in [6, 6.07) is 12.7. The molecule has 2 rings (SSSR count). The lowest BCUT2D eigenvalue weighted by atomic mass is 10.1. The second-order valence-corrected chi connectivity index (χ2v) is 7.88. The Bertz CT molecular complexity index is 766. The van der Waals surface area contributed by atoms with Crippen LogP contribution >= 0.6 is 0 Å². The lowest BCUT2D eigenvalue weighted by Gasteiger charge is -2.08. The van der Waals surface area contributed by atoms with E-state index < -0.39 is 9.84 Å². The Morgan fingerprint density at radius 1 is 1.09 bits per heavy atom. The summed E-state index contributed by atoms with van der Waals surface area (Å²) in [4.78, 5) is 11.9. The molecule has 0 spiro atoms. The minimum atomic E-state index is -3.45. The summed E-state index contributed by atoms with van der Waals surface area (Å²) in [6.45, 7) is 4.55. The summed E-state index contributed by atoms with van der Waals surface area (Å²) in [5, 5.41) is 4.61. The summed E-state index contributed by atoms with van der Waals surface area (Å²) in [5.74, 6) is -0.0472. The van der Waals surface area contributed by atoms with Gasteiger partial charge in [0.1, 0.15) is 0 Å². The third-order valence-electron chi connectivity index (χ3n) is 3.39. The largest absolute Gasteiger partial charge is 0.356 e. The van der Waals surface area contributed by atoms with Crippen molar-refractivity contribution in [3.05, 3.63) is 42.5 Å². The number of hydrogen-bond acceptors (Lipinski definition) is 3. The number of benzene rings is 2. The molecule has 0 aromatic heterocycles. The highest BCUT2D eigenvalue weighted by atomic mass is 32.2. The van der Waals surface area contributed by atoms with Crippen molar-refractivity contribution >= 4 is 26.5 Å².